The van der Waals surface area contributed by atoms with Crippen molar-refractivity contribution in [3.05, 3.63) is 51.8 Å². The third kappa shape index (κ3) is 2.49. The number of hydrogen-bond donors (Lipinski definition) is 0. The molecular formula is C12H9BrN4S. The molecule has 0 aliphatic heterocycles. The smallest absolute Gasteiger partial charge is 0.159 e. The zero-order chi connectivity index (χ0) is 12.4. The highest BCUT2D eigenvalue weighted by Crippen LogP contribution is 2.19. The molecule has 2 aromatic heterocycles. The minimum Gasteiger partial charge on any atom is -0.159 e. The lowest BCUT2D eigenvalue weighted by atomic mass is 10.2. The van der Waals surface area contributed by atoms with Crippen LogP contribution in [-0.4, -0.2) is 20.2 Å². The van der Waals surface area contributed by atoms with E-state index in [-0.39, 0.29) is 0 Å². The highest BCUT2D eigenvalue weighted by molar-refractivity contribution is 9.10. The number of hydrogen-bond acceptors (Lipinski definition) is 4. The summed E-state index contributed by atoms with van der Waals surface area (Å²) in [5.41, 5.74) is 1.14. The summed E-state index contributed by atoms with van der Waals surface area (Å²) in [5, 5.41) is 14.5. The van der Waals surface area contributed by atoms with E-state index in [1.807, 2.05) is 41.8 Å². The van der Waals surface area contributed by atoms with Crippen LogP contribution in [0.25, 0.3) is 10.7 Å². The zero-order valence-corrected chi connectivity index (χ0v) is 11.7. The van der Waals surface area contributed by atoms with Gasteiger partial charge in [-0.3, -0.25) is 0 Å². The highest BCUT2D eigenvalue weighted by Gasteiger charge is 2.06. The van der Waals surface area contributed by atoms with Crippen LogP contribution < -0.4 is 0 Å². The third-order valence-corrected chi connectivity index (χ3v) is 3.77. The lowest BCUT2D eigenvalue weighted by Crippen LogP contribution is -2.03. The van der Waals surface area contributed by atoms with Crippen LogP contribution >= 0.6 is 27.3 Å². The largest absolute Gasteiger partial charge is 0.214 e. The minimum absolute atomic E-state index is 0.623. The molecule has 0 unspecified atom stereocenters. The second-order valence-corrected chi connectivity index (χ2v) is 5.61. The molecule has 2 heterocycles. The number of thiophene rings is 1. The van der Waals surface area contributed by atoms with Gasteiger partial charge in [0.05, 0.1) is 11.4 Å². The molecule has 6 heteroatoms. The van der Waals surface area contributed by atoms with E-state index in [4.69, 9.17) is 0 Å². The topological polar surface area (TPSA) is 43.6 Å². The number of nitrogens with zero attached hydrogens (tertiary/aromatic N) is 4. The Hall–Kier alpha value is -1.53. The van der Waals surface area contributed by atoms with Crippen molar-refractivity contribution in [2.45, 2.75) is 6.54 Å². The first-order chi connectivity index (χ1) is 8.81. The first kappa shape index (κ1) is 11.6. The molecule has 0 aliphatic carbocycles. The van der Waals surface area contributed by atoms with E-state index < -0.39 is 0 Å². The van der Waals surface area contributed by atoms with Gasteiger partial charge in [0.1, 0.15) is 0 Å². The van der Waals surface area contributed by atoms with Crippen LogP contribution in [0.3, 0.4) is 0 Å². The van der Waals surface area contributed by atoms with Gasteiger partial charge in [-0.2, -0.15) is 4.80 Å². The first-order valence-electron chi connectivity index (χ1n) is 5.37. The average Bonchev–Trinajstić information content (AvgIpc) is 2.98. The summed E-state index contributed by atoms with van der Waals surface area (Å²) in [7, 11) is 0. The van der Waals surface area contributed by atoms with Gasteiger partial charge in [0, 0.05) is 4.47 Å². The molecular weight excluding hydrogens is 312 g/mol. The van der Waals surface area contributed by atoms with Crippen LogP contribution in [0.5, 0.6) is 0 Å². The molecule has 0 aliphatic rings. The highest BCUT2D eigenvalue weighted by atomic mass is 79.9. The Morgan fingerprint density at radius 2 is 2.17 bits per heavy atom. The van der Waals surface area contributed by atoms with Crippen molar-refractivity contribution in [1.29, 1.82) is 0 Å². The summed E-state index contributed by atoms with van der Waals surface area (Å²) in [6, 6.07) is 12.1. The Balaban J connectivity index is 1.82. The van der Waals surface area contributed by atoms with Crippen LogP contribution in [0.2, 0.25) is 0 Å². The van der Waals surface area contributed by atoms with Crippen molar-refractivity contribution >= 4 is 27.3 Å². The second kappa shape index (κ2) is 4.99. The Morgan fingerprint density at radius 1 is 1.22 bits per heavy atom. The first-order valence-corrected chi connectivity index (χ1v) is 7.05. The number of halogens is 1. The van der Waals surface area contributed by atoms with Gasteiger partial charge in [0.25, 0.3) is 0 Å². The molecule has 0 fully saturated rings. The van der Waals surface area contributed by atoms with E-state index in [2.05, 4.69) is 31.3 Å². The van der Waals surface area contributed by atoms with Gasteiger partial charge < -0.3 is 0 Å². The van der Waals surface area contributed by atoms with Crippen molar-refractivity contribution < 1.29 is 0 Å². The standard InChI is InChI=1S/C12H9BrN4S/c13-10-4-1-3-9(7-10)8-17-15-12(14-16-17)11-5-2-6-18-11/h1-7H,8H2. The van der Waals surface area contributed by atoms with E-state index in [0.717, 1.165) is 14.9 Å². The average molecular weight is 321 g/mol. The molecule has 0 saturated heterocycles. The van der Waals surface area contributed by atoms with Crippen molar-refractivity contribution in [3.8, 4) is 10.7 Å². The molecule has 0 saturated carbocycles. The summed E-state index contributed by atoms with van der Waals surface area (Å²) in [6.07, 6.45) is 0. The molecule has 0 radical (unpaired) electrons. The molecule has 1 aromatic carbocycles. The Kier molecular flexibility index (Phi) is 3.21. The lowest BCUT2D eigenvalue weighted by Gasteiger charge is -1.99. The SMILES string of the molecule is Brc1cccc(Cn2nnc(-c3cccs3)n2)c1. The molecule has 0 N–H and O–H groups in total. The van der Waals surface area contributed by atoms with Crippen LogP contribution in [0.15, 0.2) is 46.3 Å². The van der Waals surface area contributed by atoms with Gasteiger partial charge in [0.2, 0.25) is 5.82 Å². The van der Waals surface area contributed by atoms with Gasteiger partial charge in [-0.1, -0.05) is 34.1 Å². The summed E-state index contributed by atoms with van der Waals surface area (Å²) in [5.74, 6) is 0.681. The number of tetrazole rings is 1. The van der Waals surface area contributed by atoms with Crippen molar-refractivity contribution in [3.63, 3.8) is 0 Å². The monoisotopic (exact) mass is 320 g/mol. The van der Waals surface area contributed by atoms with Crippen molar-refractivity contribution in [1.82, 2.24) is 20.2 Å². The molecule has 0 spiro atoms. The fourth-order valence-electron chi connectivity index (χ4n) is 1.61. The van der Waals surface area contributed by atoms with Crippen molar-refractivity contribution in [2.24, 2.45) is 0 Å². The van der Waals surface area contributed by atoms with E-state index in [1.165, 1.54) is 0 Å². The Bertz CT molecular complexity index is 648. The predicted octanol–water partition coefficient (Wildman–Crippen LogP) is 3.21. The summed E-state index contributed by atoms with van der Waals surface area (Å²) in [6.45, 7) is 0.623. The molecule has 0 bridgehead atoms. The maximum absolute atomic E-state index is 4.37. The second-order valence-electron chi connectivity index (χ2n) is 3.75. The maximum Gasteiger partial charge on any atom is 0.214 e. The van der Waals surface area contributed by atoms with Crippen LogP contribution in [-0.2, 0) is 6.54 Å². The molecule has 0 amide bonds. The molecule has 90 valence electrons. The van der Waals surface area contributed by atoms with Crippen LogP contribution in [0, 0.1) is 0 Å². The maximum atomic E-state index is 4.37. The lowest BCUT2D eigenvalue weighted by molar-refractivity contribution is 0.572. The van der Waals surface area contributed by atoms with Crippen LogP contribution in [0.1, 0.15) is 5.56 Å². The minimum atomic E-state index is 0.623. The summed E-state index contributed by atoms with van der Waals surface area (Å²) >= 11 is 5.06. The van der Waals surface area contributed by atoms with Gasteiger partial charge in [-0.25, -0.2) is 0 Å². The molecule has 4 nitrogen and oxygen atoms in total. The normalized spacial score (nSPS) is 10.7. The third-order valence-electron chi connectivity index (χ3n) is 2.41. The van der Waals surface area contributed by atoms with E-state index in [0.29, 0.717) is 12.4 Å². The van der Waals surface area contributed by atoms with Crippen molar-refractivity contribution in [2.75, 3.05) is 0 Å². The summed E-state index contributed by atoms with van der Waals surface area (Å²) in [4.78, 5) is 2.65. The number of rotatable bonds is 3. The van der Waals surface area contributed by atoms with E-state index in [9.17, 15) is 0 Å². The quantitative estimate of drug-likeness (QED) is 0.744. The molecule has 3 aromatic rings. The number of aromatic nitrogens is 4. The molecule has 3 rings (SSSR count). The Morgan fingerprint density at radius 3 is 2.94 bits per heavy atom. The van der Waals surface area contributed by atoms with Gasteiger partial charge >= 0.3 is 0 Å². The van der Waals surface area contributed by atoms with Gasteiger partial charge in [-0.05, 0) is 34.4 Å². The van der Waals surface area contributed by atoms with Gasteiger partial charge in [0.15, 0.2) is 0 Å². The van der Waals surface area contributed by atoms with E-state index >= 15 is 0 Å². The molecule has 0 atom stereocenters. The zero-order valence-electron chi connectivity index (χ0n) is 9.32. The number of benzene rings is 1. The predicted molar refractivity (Wildman–Crippen MR) is 74.4 cm³/mol. The van der Waals surface area contributed by atoms with E-state index in [1.54, 1.807) is 16.1 Å². The fourth-order valence-corrected chi connectivity index (χ4v) is 2.71. The summed E-state index contributed by atoms with van der Waals surface area (Å²) < 4.78 is 1.05. The van der Waals surface area contributed by atoms with Gasteiger partial charge in [-0.15, -0.1) is 21.5 Å². The molecule has 18 heavy (non-hydrogen) atoms. The Labute approximate surface area is 116 Å². The van der Waals surface area contributed by atoms with Crippen LogP contribution in [0.4, 0.5) is 0 Å². The fraction of sp³-hybridized carbons (Fsp3) is 0.0833.